The summed E-state index contributed by atoms with van der Waals surface area (Å²) in [5.41, 5.74) is 0.0831. The number of hydrogen-bond acceptors (Lipinski definition) is 5. The minimum Gasteiger partial charge on any atom is -0.380 e. The van der Waals surface area contributed by atoms with Gasteiger partial charge in [0.1, 0.15) is 5.69 Å². The molecule has 0 saturated heterocycles. The van der Waals surface area contributed by atoms with Crippen molar-refractivity contribution >= 4 is 21.4 Å². The molecule has 0 aliphatic heterocycles. The summed E-state index contributed by atoms with van der Waals surface area (Å²) in [6.07, 6.45) is 2.09. The summed E-state index contributed by atoms with van der Waals surface area (Å²) < 4.78 is 26.7. The van der Waals surface area contributed by atoms with E-state index in [2.05, 4.69) is 10.0 Å². The van der Waals surface area contributed by atoms with Crippen molar-refractivity contribution in [3.05, 3.63) is 28.3 Å². The van der Waals surface area contributed by atoms with Gasteiger partial charge in [-0.3, -0.25) is 10.1 Å². The highest BCUT2D eigenvalue weighted by molar-refractivity contribution is 7.89. The van der Waals surface area contributed by atoms with E-state index in [1.807, 2.05) is 0 Å². The van der Waals surface area contributed by atoms with E-state index < -0.39 is 14.9 Å². The molecule has 2 N–H and O–H groups in total. The van der Waals surface area contributed by atoms with Gasteiger partial charge in [-0.15, -0.1) is 0 Å². The van der Waals surface area contributed by atoms with Crippen molar-refractivity contribution in [2.24, 2.45) is 5.92 Å². The van der Waals surface area contributed by atoms with Crippen molar-refractivity contribution in [2.75, 3.05) is 18.4 Å². The number of nitro benzene ring substituents is 1. The predicted molar refractivity (Wildman–Crippen MR) is 75.2 cm³/mol. The van der Waals surface area contributed by atoms with Crippen LogP contribution >= 0.6 is 0 Å². The highest BCUT2D eigenvalue weighted by atomic mass is 32.2. The van der Waals surface area contributed by atoms with Gasteiger partial charge in [-0.2, -0.15) is 0 Å². The Bertz CT molecular complexity index is 611. The van der Waals surface area contributed by atoms with Gasteiger partial charge in [0.15, 0.2) is 0 Å². The highest BCUT2D eigenvalue weighted by Gasteiger charge is 2.25. The second kappa shape index (κ2) is 5.76. The van der Waals surface area contributed by atoms with E-state index in [1.54, 1.807) is 6.92 Å². The van der Waals surface area contributed by atoms with Gasteiger partial charge in [0.05, 0.1) is 9.82 Å². The summed E-state index contributed by atoms with van der Waals surface area (Å²) in [5, 5.41) is 13.7. The second-order valence-corrected chi connectivity index (χ2v) is 6.53. The Hall–Kier alpha value is -1.67. The molecule has 0 atom stereocenters. The number of rotatable bonds is 7. The first kappa shape index (κ1) is 14.7. The third kappa shape index (κ3) is 3.45. The molecule has 1 aliphatic carbocycles. The highest BCUT2D eigenvalue weighted by Crippen LogP contribution is 2.29. The van der Waals surface area contributed by atoms with Crippen LogP contribution in [0.25, 0.3) is 0 Å². The number of anilines is 1. The number of nitro groups is 1. The van der Waals surface area contributed by atoms with Gasteiger partial charge in [0.2, 0.25) is 10.0 Å². The first-order valence-electron chi connectivity index (χ1n) is 6.46. The molecule has 1 saturated carbocycles. The molecular weight excluding hydrogens is 282 g/mol. The van der Waals surface area contributed by atoms with Crippen LogP contribution in [0.5, 0.6) is 0 Å². The quantitative estimate of drug-likeness (QED) is 0.589. The molecule has 1 aliphatic rings. The van der Waals surface area contributed by atoms with Crippen LogP contribution in [0, 0.1) is 16.0 Å². The molecule has 110 valence electrons. The Morgan fingerprint density at radius 1 is 1.40 bits per heavy atom. The van der Waals surface area contributed by atoms with Gasteiger partial charge in [0, 0.05) is 19.2 Å². The van der Waals surface area contributed by atoms with Crippen LogP contribution in [-0.2, 0) is 10.0 Å². The molecule has 0 unspecified atom stereocenters. The summed E-state index contributed by atoms with van der Waals surface area (Å²) >= 11 is 0. The molecule has 0 amide bonds. The molecule has 0 heterocycles. The van der Waals surface area contributed by atoms with E-state index in [0.29, 0.717) is 19.0 Å². The van der Waals surface area contributed by atoms with E-state index in [1.165, 1.54) is 18.2 Å². The van der Waals surface area contributed by atoms with Gasteiger partial charge in [-0.05, 0) is 37.8 Å². The number of nitrogens with one attached hydrogen (secondary N) is 2. The summed E-state index contributed by atoms with van der Waals surface area (Å²) in [5.74, 6) is 0.427. The molecular formula is C12H17N3O4S. The first-order chi connectivity index (χ1) is 9.44. The Morgan fingerprint density at radius 3 is 2.65 bits per heavy atom. The molecule has 1 aromatic rings. The number of sulfonamides is 1. The Kier molecular flexibility index (Phi) is 4.24. The normalized spacial score (nSPS) is 15.1. The van der Waals surface area contributed by atoms with Crippen molar-refractivity contribution < 1.29 is 13.3 Å². The smallest absolute Gasteiger partial charge is 0.292 e. The van der Waals surface area contributed by atoms with E-state index in [-0.39, 0.29) is 16.3 Å². The molecule has 7 nitrogen and oxygen atoms in total. The Morgan fingerprint density at radius 2 is 2.10 bits per heavy atom. The number of benzene rings is 1. The molecule has 0 aromatic heterocycles. The zero-order chi connectivity index (χ0) is 14.8. The minimum absolute atomic E-state index is 0.0414. The van der Waals surface area contributed by atoms with E-state index in [9.17, 15) is 18.5 Å². The van der Waals surface area contributed by atoms with Crippen molar-refractivity contribution in [1.29, 1.82) is 0 Å². The standard InChI is InChI=1S/C12H17N3O4S/c1-2-13-11-7-10(5-6-12(11)15(16)17)20(18,19)14-8-9-3-4-9/h5-7,9,13-14H,2-4,8H2,1H3. The third-order valence-electron chi connectivity index (χ3n) is 3.10. The Labute approximate surface area is 117 Å². The lowest BCUT2D eigenvalue weighted by molar-refractivity contribution is -0.384. The van der Waals surface area contributed by atoms with E-state index >= 15 is 0 Å². The number of hydrogen-bond donors (Lipinski definition) is 2. The van der Waals surface area contributed by atoms with E-state index in [0.717, 1.165) is 12.8 Å². The topological polar surface area (TPSA) is 101 Å². The van der Waals surface area contributed by atoms with Gasteiger partial charge in [-0.25, -0.2) is 13.1 Å². The van der Waals surface area contributed by atoms with Crippen LogP contribution < -0.4 is 10.0 Å². The van der Waals surface area contributed by atoms with Crippen LogP contribution in [0.3, 0.4) is 0 Å². The average Bonchev–Trinajstić information content (AvgIpc) is 3.20. The van der Waals surface area contributed by atoms with Crippen molar-refractivity contribution in [1.82, 2.24) is 4.72 Å². The second-order valence-electron chi connectivity index (χ2n) is 4.76. The van der Waals surface area contributed by atoms with Gasteiger partial charge in [0.25, 0.3) is 5.69 Å². The zero-order valence-electron chi connectivity index (χ0n) is 11.1. The van der Waals surface area contributed by atoms with Gasteiger partial charge in [-0.1, -0.05) is 0 Å². The molecule has 20 heavy (non-hydrogen) atoms. The maximum absolute atomic E-state index is 12.1. The third-order valence-corrected chi connectivity index (χ3v) is 4.52. The summed E-state index contributed by atoms with van der Waals surface area (Å²) in [4.78, 5) is 10.4. The molecule has 2 rings (SSSR count). The van der Waals surface area contributed by atoms with Crippen LogP contribution in [-0.4, -0.2) is 26.4 Å². The maximum Gasteiger partial charge on any atom is 0.292 e. The molecule has 0 bridgehead atoms. The molecule has 0 spiro atoms. The lowest BCUT2D eigenvalue weighted by atomic mass is 10.2. The first-order valence-corrected chi connectivity index (χ1v) is 7.94. The number of nitrogens with zero attached hydrogens (tertiary/aromatic N) is 1. The fourth-order valence-corrected chi connectivity index (χ4v) is 2.95. The van der Waals surface area contributed by atoms with Gasteiger partial charge < -0.3 is 5.32 Å². The zero-order valence-corrected chi connectivity index (χ0v) is 11.9. The van der Waals surface area contributed by atoms with Crippen molar-refractivity contribution in [3.8, 4) is 0 Å². The lowest BCUT2D eigenvalue weighted by Gasteiger charge is -2.09. The summed E-state index contributed by atoms with van der Waals surface area (Å²) in [6, 6.07) is 3.77. The van der Waals surface area contributed by atoms with Crippen LogP contribution in [0.4, 0.5) is 11.4 Å². The lowest BCUT2D eigenvalue weighted by Crippen LogP contribution is -2.26. The van der Waals surface area contributed by atoms with Crippen molar-refractivity contribution in [2.45, 2.75) is 24.7 Å². The Balaban J connectivity index is 2.26. The monoisotopic (exact) mass is 299 g/mol. The molecule has 8 heteroatoms. The van der Waals surface area contributed by atoms with Crippen LogP contribution in [0.15, 0.2) is 23.1 Å². The van der Waals surface area contributed by atoms with Crippen molar-refractivity contribution in [3.63, 3.8) is 0 Å². The van der Waals surface area contributed by atoms with Crippen LogP contribution in [0.1, 0.15) is 19.8 Å². The molecule has 0 radical (unpaired) electrons. The predicted octanol–water partition coefficient (Wildman–Crippen LogP) is 1.71. The minimum atomic E-state index is -3.61. The summed E-state index contributed by atoms with van der Waals surface area (Å²) in [6.45, 7) is 2.69. The fraction of sp³-hybridized carbons (Fsp3) is 0.500. The average molecular weight is 299 g/mol. The largest absolute Gasteiger partial charge is 0.380 e. The molecule has 1 aromatic carbocycles. The van der Waals surface area contributed by atoms with Gasteiger partial charge >= 0.3 is 0 Å². The maximum atomic E-state index is 12.1. The summed E-state index contributed by atoms with van der Waals surface area (Å²) in [7, 11) is -3.61. The SMILES string of the molecule is CCNc1cc(S(=O)(=O)NCC2CC2)ccc1[N+](=O)[O-]. The van der Waals surface area contributed by atoms with Crippen LogP contribution in [0.2, 0.25) is 0 Å². The molecule has 1 fully saturated rings. The van der Waals surface area contributed by atoms with E-state index in [4.69, 9.17) is 0 Å². The fourth-order valence-electron chi connectivity index (χ4n) is 1.81.